The average molecular weight is 251 g/mol. The van der Waals surface area contributed by atoms with Crippen molar-refractivity contribution < 1.29 is 19.7 Å². The minimum Gasteiger partial charge on any atom is -0.488 e. The molecule has 0 atom stereocenters. The standard InChI is InChI=1S/C13H17NO4/c1-10(2)12(15)14-8-13(16,17)9-18-11-6-4-3-5-7-11/h3-7,16-17H,1,8-9H2,2H3,(H,14,15). The lowest BCUT2D eigenvalue weighted by molar-refractivity contribution is -0.178. The molecule has 0 aliphatic heterocycles. The van der Waals surface area contributed by atoms with Crippen LogP contribution in [0.1, 0.15) is 6.92 Å². The summed E-state index contributed by atoms with van der Waals surface area (Å²) in [6.45, 7) is 4.31. The monoisotopic (exact) mass is 251 g/mol. The van der Waals surface area contributed by atoms with Crippen LogP contribution in [0.5, 0.6) is 5.75 Å². The van der Waals surface area contributed by atoms with E-state index in [9.17, 15) is 15.0 Å². The smallest absolute Gasteiger partial charge is 0.246 e. The fourth-order valence-corrected chi connectivity index (χ4v) is 1.14. The van der Waals surface area contributed by atoms with Crippen LogP contribution in [0, 0.1) is 0 Å². The van der Waals surface area contributed by atoms with E-state index in [0.29, 0.717) is 11.3 Å². The molecule has 0 aliphatic carbocycles. The molecule has 0 unspecified atom stereocenters. The van der Waals surface area contributed by atoms with Gasteiger partial charge in [0.1, 0.15) is 12.4 Å². The summed E-state index contributed by atoms with van der Waals surface area (Å²) in [5.41, 5.74) is 0.301. The maximum atomic E-state index is 11.2. The summed E-state index contributed by atoms with van der Waals surface area (Å²) in [7, 11) is 0. The molecule has 0 fully saturated rings. The number of amides is 1. The van der Waals surface area contributed by atoms with Crippen molar-refractivity contribution in [1.29, 1.82) is 0 Å². The lowest BCUT2D eigenvalue weighted by Crippen LogP contribution is -2.47. The van der Waals surface area contributed by atoms with Crippen molar-refractivity contribution in [3.8, 4) is 5.75 Å². The molecule has 18 heavy (non-hydrogen) atoms. The van der Waals surface area contributed by atoms with E-state index in [4.69, 9.17) is 4.74 Å². The Labute approximate surface area is 106 Å². The molecular weight excluding hydrogens is 234 g/mol. The highest BCUT2D eigenvalue weighted by Crippen LogP contribution is 2.10. The third kappa shape index (κ3) is 4.99. The molecule has 0 saturated heterocycles. The molecule has 5 nitrogen and oxygen atoms in total. The lowest BCUT2D eigenvalue weighted by atomic mass is 10.2. The van der Waals surface area contributed by atoms with Crippen molar-refractivity contribution in [2.75, 3.05) is 13.2 Å². The van der Waals surface area contributed by atoms with Gasteiger partial charge in [-0.25, -0.2) is 0 Å². The second-order valence-electron chi connectivity index (χ2n) is 4.05. The first-order valence-corrected chi connectivity index (χ1v) is 5.47. The molecule has 1 aromatic rings. The zero-order chi connectivity index (χ0) is 13.6. The number of ether oxygens (including phenoxy) is 1. The maximum absolute atomic E-state index is 11.2. The Bertz CT molecular complexity index is 414. The summed E-state index contributed by atoms with van der Waals surface area (Å²) in [5.74, 6) is -2.03. The number of nitrogens with one attached hydrogen (secondary N) is 1. The molecule has 0 radical (unpaired) electrons. The van der Waals surface area contributed by atoms with Gasteiger partial charge in [-0.3, -0.25) is 4.79 Å². The maximum Gasteiger partial charge on any atom is 0.246 e. The summed E-state index contributed by atoms with van der Waals surface area (Å²) in [6.07, 6.45) is 0. The Morgan fingerprint density at radius 3 is 2.56 bits per heavy atom. The van der Waals surface area contributed by atoms with Gasteiger partial charge in [0, 0.05) is 5.57 Å². The van der Waals surface area contributed by atoms with Crippen LogP contribution in [0.15, 0.2) is 42.5 Å². The van der Waals surface area contributed by atoms with Gasteiger partial charge in [-0.2, -0.15) is 0 Å². The second kappa shape index (κ2) is 6.18. The Balaban J connectivity index is 2.40. The summed E-state index contributed by atoms with van der Waals surface area (Å²) in [6, 6.07) is 8.76. The van der Waals surface area contributed by atoms with Crippen LogP contribution in [0.2, 0.25) is 0 Å². The Kier molecular flexibility index (Phi) is 4.88. The van der Waals surface area contributed by atoms with E-state index in [1.165, 1.54) is 6.92 Å². The average Bonchev–Trinajstić information content (AvgIpc) is 2.35. The van der Waals surface area contributed by atoms with Gasteiger partial charge in [0.2, 0.25) is 11.7 Å². The van der Waals surface area contributed by atoms with Crippen molar-refractivity contribution in [2.24, 2.45) is 0 Å². The van der Waals surface area contributed by atoms with Crippen LogP contribution in [-0.2, 0) is 4.79 Å². The van der Waals surface area contributed by atoms with Crippen LogP contribution < -0.4 is 10.1 Å². The van der Waals surface area contributed by atoms with Gasteiger partial charge in [0.15, 0.2) is 0 Å². The number of carbonyl (C=O) groups excluding carboxylic acids is 1. The second-order valence-corrected chi connectivity index (χ2v) is 4.05. The minimum absolute atomic E-state index is 0.301. The van der Waals surface area contributed by atoms with E-state index in [-0.39, 0.29) is 13.2 Å². The van der Waals surface area contributed by atoms with Crippen molar-refractivity contribution in [2.45, 2.75) is 12.7 Å². The normalized spacial score (nSPS) is 10.8. The SMILES string of the molecule is C=C(C)C(=O)NCC(O)(O)COc1ccccc1. The van der Waals surface area contributed by atoms with E-state index >= 15 is 0 Å². The number of rotatable bonds is 6. The molecule has 0 aliphatic rings. The predicted octanol–water partition coefficient (Wildman–Crippen LogP) is 0.439. The molecule has 5 heteroatoms. The summed E-state index contributed by atoms with van der Waals surface area (Å²) in [5, 5.41) is 21.5. The molecule has 0 spiro atoms. The molecular formula is C13H17NO4. The highest BCUT2D eigenvalue weighted by atomic mass is 16.6. The number of hydrogen-bond acceptors (Lipinski definition) is 4. The number of carbonyl (C=O) groups is 1. The van der Waals surface area contributed by atoms with Crippen molar-refractivity contribution in [3.63, 3.8) is 0 Å². The first-order chi connectivity index (χ1) is 8.41. The van der Waals surface area contributed by atoms with Gasteiger partial charge in [0.25, 0.3) is 0 Å². The largest absolute Gasteiger partial charge is 0.488 e. The van der Waals surface area contributed by atoms with Gasteiger partial charge >= 0.3 is 0 Å². The summed E-state index contributed by atoms with van der Waals surface area (Å²) >= 11 is 0. The molecule has 98 valence electrons. The third-order valence-corrected chi connectivity index (χ3v) is 2.13. The number of benzene rings is 1. The minimum atomic E-state index is -2.12. The van der Waals surface area contributed by atoms with Gasteiger partial charge in [-0.1, -0.05) is 24.8 Å². The third-order valence-electron chi connectivity index (χ3n) is 2.13. The van der Waals surface area contributed by atoms with Crippen molar-refractivity contribution in [3.05, 3.63) is 42.5 Å². The Morgan fingerprint density at radius 2 is 2.00 bits per heavy atom. The van der Waals surface area contributed by atoms with Crippen LogP contribution in [0.4, 0.5) is 0 Å². The first kappa shape index (κ1) is 14.2. The fraction of sp³-hybridized carbons (Fsp3) is 0.308. The first-order valence-electron chi connectivity index (χ1n) is 5.47. The van der Waals surface area contributed by atoms with Crippen LogP contribution >= 0.6 is 0 Å². The molecule has 1 rings (SSSR count). The summed E-state index contributed by atoms with van der Waals surface area (Å²) in [4.78, 5) is 11.2. The van der Waals surface area contributed by atoms with E-state index < -0.39 is 11.7 Å². The van der Waals surface area contributed by atoms with Crippen LogP contribution in [-0.4, -0.2) is 35.1 Å². The molecule has 1 amide bonds. The fourth-order valence-electron chi connectivity index (χ4n) is 1.14. The number of aliphatic hydroxyl groups is 2. The van der Waals surface area contributed by atoms with E-state index in [1.54, 1.807) is 24.3 Å². The topological polar surface area (TPSA) is 78.8 Å². The Morgan fingerprint density at radius 1 is 1.39 bits per heavy atom. The van der Waals surface area contributed by atoms with Gasteiger partial charge in [-0.15, -0.1) is 0 Å². The highest BCUT2D eigenvalue weighted by Gasteiger charge is 2.25. The highest BCUT2D eigenvalue weighted by molar-refractivity contribution is 5.92. The Hall–Kier alpha value is -1.85. The molecule has 1 aromatic carbocycles. The van der Waals surface area contributed by atoms with E-state index in [0.717, 1.165) is 0 Å². The zero-order valence-corrected chi connectivity index (χ0v) is 10.2. The van der Waals surface area contributed by atoms with Crippen molar-refractivity contribution >= 4 is 5.91 Å². The number of para-hydroxylation sites is 1. The molecule has 0 saturated carbocycles. The predicted molar refractivity (Wildman–Crippen MR) is 66.9 cm³/mol. The van der Waals surface area contributed by atoms with E-state index in [1.807, 2.05) is 6.07 Å². The quantitative estimate of drug-likeness (QED) is 0.506. The van der Waals surface area contributed by atoms with Crippen LogP contribution in [0.3, 0.4) is 0 Å². The molecule has 0 heterocycles. The van der Waals surface area contributed by atoms with Crippen LogP contribution in [0.25, 0.3) is 0 Å². The molecule has 0 aromatic heterocycles. The summed E-state index contributed by atoms with van der Waals surface area (Å²) < 4.78 is 5.19. The van der Waals surface area contributed by atoms with Gasteiger partial charge in [0.05, 0.1) is 6.54 Å². The zero-order valence-electron chi connectivity index (χ0n) is 10.2. The number of hydrogen-bond donors (Lipinski definition) is 3. The van der Waals surface area contributed by atoms with Crippen molar-refractivity contribution in [1.82, 2.24) is 5.32 Å². The van der Waals surface area contributed by atoms with Gasteiger partial charge in [-0.05, 0) is 19.1 Å². The van der Waals surface area contributed by atoms with E-state index in [2.05, 4.69) is 11.9 Å². The van der Waals surface area contributed by atoms with Gasteiger partial charge < -0.3 is 20.3 Å². The lowest BCUT2D eigenvalue weighted by Gasteiger charge is -2.22. The molecule has 3 N–H and O–H groups in total. The molecule has 0 bridgehead atoms.